The van der Waals surface area contributed by atoms with Crippen molar-refractivity contribution in [2.45, 2.75) is 0 Å². The van der Waals surface area contributed by atoms with Crippen LogP contribution in [0.3, 0.4) is 0 Å². The quantitative estimate of drug-likeness (QED) is 0.241. The van der Waals surface area contributed by atoms with Crippen molar-refractivity contribution in [3.05, 3.63) is 140 Å². The van der Waals surface area contributed by atoms with Crippen LogP contribution in [-0.2, 0) is 0 Å². The van der Waals surface area contributed by atoms with E-state index in [1.807, 2.05) is 6.20 Å². The molecule has 0 aliphatic carbocycles. The number of hydrogen-bond acceptors (Lipinski definition) is 1. The SMILES string of the molecule is c1ccc(-c2ccc3ccccc3c2-c2c3ccccc3c(-c3ccccc3)c3ncccc23)cc1. The smallest absolute Gasteiger partial charge is 0.0792 e. The average Bonchev–Trinajstić information content (AvgIpc) is 2.96. The molecule has 0 bridgehead atoms. The topological polar surface area (TPSA) is 12.9 Å². The normalized spacial score (nSPS) is 11.3. The monoisotopic (exact) mass is 457 g/mol. The van der Waals surface area contributed by atoms with E-state index in [1.54, 1.807) is 0 Å². The molecule has 0 saturated heterocycles. The van der Waals surface area contributed by atoms with Gasteiger partial charge in [0.1, 0.15) is 0 Å². The van der Waals surface area contributed by atoms with E-state index < -0.39 is 0 Å². The van der Waals surface area contributed by atoms with Crippen molar-refractivity contribution in [2.75, 3.05) is 0 Å². The maximum atomic E-state index is 4.98. The molecule has 1 heteroatoms. The second-order valence-electron chi connectivity index (χ2n) is 9.14. The molecule has 1 aromatic heterocycles. The second-order valence-corrected chi connectivity index (χ2v) is 9.14. The molecular formula is C35H23N. The summed E-state index contributed by atoms with van der Waals surface area (Å²) in [4.78, 5) is 4.98. The van der Waals surface area contributed by atoms with E-state index in [0.29, 0.717) is 0 Å². The zero-order valence-corrected chi connectivity index (χ0v) is 19.7. The Morgan fingerprint density at radius 3 is 1.69 bits per heavy atom. The molecule has 0 fully saturated rings. The van der Waals surface area contributed by atoms with Gasteiger partial charge in [-0.15, -0.1) is 0 Å². The van der Waals surface area contributed by atoms with Crippen molar-refractivity contribution < 1.29 is 0 Å². The van der Waals surface area contributed by atoms with Crippen molar-refractivity contribution in [3.63, 3.8) is 0 Å². The molecule has 6 aromatic carbocycles. The summed E-state index contributed by atoms with van der Waals surface area (Å²) in [5.41, 5.74) is 8.35. The third-order valence-electron chi connectivity index (χ3n) is 7.11. The lowest BCUT2D eigenvalue weighted by molar-refractivity contribution is 1.42. The molecule has 0 radical (unpaired) electrons. The average molecular weight is 458 g/mol. The molecule has 0 amide bonds. The van der Waals surface area contributed by atoms with Crippen LogP contribution in [-0.4, -0.2) is 4.98 Å². The molecular weight excluding hydrogens is 434 g/mol. The van der Waals surface area contributed by atoms with E-state index in [4.69, 9.17) is 4.98 Å². The van der Waals surface area contributed by atoms with Crippen molar-refractivity contribution in [3.8, 4) is 33.4 Å². The lowest BCUT2D eigenvalue weighted by Gasteiger charge is -2.20. The summed E-state index contributed by atoms with van der Waals surface area (Å²) in [6, 6.07) is 47.6. The van der Waals surface area contributed by atoms with Crippen LogP contribution < -0.4 is 0 Å². The maximum Gasteiger partial charge on any atom is 0.0792 e. The maximum absolute atomic E-state index is 4.98. The van der Waals surface area contributed by atoms with E-state index in [-0.39, 0.29) is 0 Å². The highest BCUT2D eigenvalue weighted by molar-refractivity contribution is 6.24. The Bertz CT molecular complexity index is 1810. The summed E-state index contributed by atoms with van der Waals surface area (Å²) in [6.45, 7) is 0. The molecule has 168 valence electrons. The summed E-state index contributed by atoms with van der Waals surface area (Å²) >= 11 is 0. The van der Waals surface area contributed by atoms with E-state index in [2.05, 4.69) is 133 Å². The predicted octanol–water partition coefficient (Wildman–Crippen LogP) is 9.54. The number of nitrogens with zero attached hydrogens (tertiary/aromatic N) is 1. The first-order valence-corrected chi connectivity index (χ1v) is 12.3. The molecule has 7 rings (SSSR count). The Morgan fingerprint density at radius 1 is 0.361 bits per heavy atom. The Kier molecular flexibility index (Phi) is 4.85. The number of rotatable bonds is 3. The predicted molar refractivity (Wildman–Crippen MR) is 153 cm³/mol. The molecule has 0 aliphatic rings. The molecule has 0 N–H and O–H groups in total. The largest absolute Gasteiger partial charge is 0.256 e. The molecule has 0 saturated carbocycles. The van der Waals surface area contributed by atoms with Gasteiger partial charge in [-0.25, -0.2) is 0 Å². The number of aromatic nitrogens is 1. The minimum absolute atomic E-state index is 1.03. The van der Waals surface area contributed by atoms with Gasteiger partial charge in [0.25, 0.3) is 0 Å². The van der Waals surface area contributed by atoms with Crippen molar-refractivity contribution in [2.24, 2.45) is 0 Å². The van der Waals surface area contributed by atoms with Crippen LogP contribution in [0.4, 0.5) is 0 Å². The lowest BCUT2D eigenvalue weighted by Crippen LogP contribution is -1.95. The second kappa shape index (κ2) is 8.48. The zero-order chi connectivity index (χ0) is 23.9. The number of fused-ring (bicyclic) bond motifs is 3. The highest BCUT2D eigenvalue weighted by Gasteiger charge is 2.21. The molecule has 0 aliphatic heterocycles. The van der Waals surface area contributed by atoms with Crippen LogP contribution in [0.1, 0.15) is 0 Å². The molecule has 0 unspecified atom stereocenters. The van der Waals surface area contributed by atoms with Gasteiger partial charge in [-0.05, 0) is 49.9 Å². The molecule has 1 heterocycles. The van der Waals surface area contributed by atoms with E-state index >= 15 is 0 Å². The zero-order valence-electron chi connectivity index (χ0n) is 19.7. The Labute approximate surface area is 210 Å². The van der Waals surface area contributed by atoms with Gasteiger partial charge in [0.2, 0.25) is 0 Å². The molecule has 0 atom stereocenters. The molecule has 36 heavy (non-hydrogen) atoms. The van der Waals surface area contributed by atoms with Gasteiger partial charge >= 0.3 is 0 Å². The minimum Gasteiger partial charge on any atom is -0.256 e. The van der Waals surface area contributed by atoms with Gasteiger partial charge in [0.15, 0.2) is 0 Å². The summed E-state index contributed by atoms with van der Waals surface area (Å²) in [6.07, 6.45) is 1.91. The van der Waals surface area contributed by atoms with Crippen LogP contribution in [0.2, 0.25) is 0 Å². The van der Waals surface area contributed by atoms with Crippen LogP contribution >= 0.6 is 0 Å². The van der Waals surface area contributed by atoms with E-state index in [9.17, 15) is 0 Å². The van der Waals surface area contributed by atoms with Crippen LogP contribution in [0.25, 0.3) is 65.8 Å². The fraction of sp³-hybridized carbons (Fsp3) is 0. The Balaban J connectivity index is 1.72. The van der Waals surface area contributed by atoms with Crippen LogP contribution in [0, 0.1) is 0 Å². The van der Waals surface area contributed by atoms with Gasteiger partial charge in [-0.1, -0.05) is 127 Å². The highest BCUT2D eigenvalue weighted by Crippen LogP contribution is 2.47. The van der Waals surface area contributed by atoms with Crippen LogP contribution in [0.15, 0.2) is 140 Å². The first kappa shape index (κ1) is 20.6. The molecule has 7 aromatic rings. The van der Waals surface area contributed by atoms with Gasteiger partial charge in [-0.3, -0.25) is 4.98 Å². The van der Waals surface area contributed by atoms with Gasteiger partial charge in [-0.2, -0.15) is 0 Å². The Hall–Kier alpha value is -4.75. The summed E-state index contributed by atoms with van der Waals surface area (Å²) in [7, 11) is 0. The number of benzene rings is 6. The van der Waals surface area contributed by atoms with E-state index in [1.165, 1.54) is 60.3 Å². The minimum atomic E-state index is 1.03. The fourth-order valence-electron chi connectivity index (χ4n) is 5.56. The van der Waals surface area contributed by atoms with Gasteiger partial charge in [0, 0.05) is 22.7 Å². The van der Waals surface area contributed by atoms with E-state index in [0.717, 1.165) is 5.52 Å². The van der Waals surface area contributed by atoms with Crippen molar-refractivity contribution in [1.29, 1.82) is 0 Å². The molecule has 1 nitrogen and oxygen atoms in total. The summed E-state index contributed by atoms with van der Waals surface area (Å²) < 4.78 is 0. The van der Waals surface area contributed by atoms with Crippen LogP contribution in [0.5, 0.6) is 0 Å². The third kappa shape index (κ3) is 3.21. The first-order chi connectivity index (χ1) is 17.9. The molecule has 0 spiro atoms. The van der Waals surface area contributed by atoms with Crippen molar-refractivity contribution in [1.82, 2.24) is 4.98 Å². The fourth-order valence-corrected chi connectivity index (χ4v) is 5.56. The Morgan fingerprint density at radius 2 is 0.944 bits per heavy atom. The number of pyridine rings is 1. The summed E-state index contributed by atoms with van der Waals surface area (Å²) in [5, 5.41) is 6.12. The van der Waals surface area contributed by atoms with Gasteiger partial charge < -0.3 is 0 Å². The third-order valence-corrected chi connectivity index (χ3v) is 7.11. The standard InChI is InChI=1S/C35H23N/c1-3-12-24(13-4-1)28-22-21-25-14-7-8-17-27(25)33(28)34-30-19-10-9-18-29(30)32(26-15-5-2-6-16-26)35-31(34)20-11-23-36-35/h1-23H. The van der Waals surface area contributed by atoms with Gasteiger partial charge in [0.05, 0.1) is 5.52 Å². The van der Waals surface area contributed by atoms with Crippen molar-refractivity contribution >= 4 is 32.4 Å². The first-order valence-electron chi connectivity index (χ1n) is 12.3. The highest BCUT2D eigenvalue weighted by atomic mass is 14.7. The lowest BCUT2D eigenvalue weighted by atomic mass is 9.83. The summed E-state index contributed by atoms with van der Waals surface area (Å²) in [5.74, 6) is 0. The number of hydrogen-bond donors (Lipinski definition) is 0.